The molecule has 0 fully saturated rings. The van der Waals surface area contributed by atoms with Crippen LogP contribution in [0.15, 0.2) is 53.7 Å². The highest BCUT2D eigenvalue weighted by molar-refractivity contribution is 5.95. The van der Waals surface area contributed by atoms with E-state index in [2.05, 4.69) is 27.4 Å². The third kappa shape index (κ3) is 4.11. The molecule has 1 aliphatic rings. The van der Waals surface area contributed by atoms with Gasteiger partial charge in [0.25, 0.3) is 11.5 Å². The van der Waals surface area contributed by atoms with Gasteiger partial charge in [-0.25, -0.2) is 0 Å². The predicted molar refractivity (Wildman–Crippen MR) is 111 cm³/mol. The van der Waals surface area contributed by atoms with E-state index in [9.17, 15) is 9.59 Å². The van der Waals surface area contributed by atoms with E-state index in [0.29, 0.717) is 11.3 Å². The third-order valence-electron chi connectivity index (χ3n) is 5.45. The van der Waals surface area contributed by atoms with Gasteiger partial charge in [0.1, 0.15) is 5.56 Å². The highest BCUT2D eigenvalue weighted by atomic mass is 16.2. The molecule has 1 atom stereocenters. The van der Waals surface area contributed by atoms with Crippen molar-refractivity contribution in [2.24, 2.45) is 0 Å². The molecule has 0 radical (unpaired) electrons. The lowest BCUT2D eigenvalue weighted by molar-refractivity contribution is 0.0931. The molecule has 1 amide bonds. The largest absolute Gasteiger partial charge is 0.349 e. The summed E-state index contributed by atoms with van der Waals surface area (Å²) in [6.07, 6.45) is 7.63. The highest BCUT2D eigenvalue weighted by Crippen LogP contribution is 2.21. The summed E-state index contributed by atoms with van der Waals surface area (Å²) in [7, 11) is 0. The van der Waals surface area contributed by atoms with Crippen LogP contribution in [0.2, 0.25) is 0 Å². The summed E-state index contributed by atoms with van der Waals surface area (Å²) in [6.45, 7) is 3.94. The van der Waals surface area contributed by atoms with Crippen LogP contribution in [-0.2, 0) is 19.4 Å². The first kappa shape index (κ1) is 19.1. The molecule has 3 aromatic rings. The molecule has 0 saturated carbocycles. The van der Waals surface area contributed by atoms with Crippen molar-refractivity contribution < 1.29 is 4.79 Å². The molecule has 0 aliphatic heterocycles. The van der Waals surface area contributed by atoms with Crippen LogP contribution in [0.3, 0.4) is 0 Å². The minimum absolute atomic E-state index is 0.0350. The van der Waals surface area contributed by atoms with Crippen LogP contribution >= 0.6 is 0 Å². The van der Waals surface area contributed by atoms with Gasteiger partial charge in [0.15, 0.2) is 0 Å². The minimum Gasteiger partial charge on any atom is -0.349 e. The average Bonchev–Trinajstić information content (AvgIpc) is 2.72. The first-order valence-electron chi connectivity index (χ1n) is 9.86. The molecule has 0 saturated heterocycles. The van der Waals surface area contributed by atoms with Crippen molar-refractivity contribution in [1.29, 1.82) is 0 Å². The van der Waals surface area contributed by atoms with E-state index in [1.54, 1.807) is 31.6 Å². The molecule has 29 heavy (non-hydrogen) atoms. The number of carbonyl (C=O) groups is 1. The molecule has 6 heteroatoms. The number of hydrogen-bond donors (Lipinski definition) is 1. The van der Waals surface area contributed by atoms with Crippen LogP contribution in [0.1, 0.15) is 44.9 Å². The molecule has 4 rings (SSSR count). The van der Waals surface area contributed by atoms with Gasteiger partial charge < -0.3 is 9.88 Å². The Hall–Kier alpha value is -3.28. The lowest BCUT2D eigenvalue weighted by Crippen LogP contribution is -2.42. The zero-order chi connectivity index (χ0) is 20.4. The lowest BCUT2D eigenvalue weighted by atomic mass is 9.88. The zero-order valence-electron chi connectivity index (χ0n) is 16.7. The Bertz CT molecular complexity index is 1100. The van der Waals surface area contributed by atoms with E-state index >= 15 is 0 Å². The molecular formula is C23H24N4O2. The van der Waals surface area contributed by atoms with Crippen molar-refractivity contribution in [2.45, 2.75) is 45.7 Å². The monoisotopic (exact) mass is 388 g/mol. The Kier molecular flexibility index (Phi) is 5.25. The van der Waals surface area contributed by atoms with Gasteiger partial charge in [-0.3, -0.25) is 19.6 Å². The molecule has 2 heterocycles. The Morgan fingerprint density at radius 2 is 1.93 bits per heavy atom. The number of fused-ring (bicyclic) bond motifs is 1. The van der Waals surface area contributed by atoms with E-state index in [4.69, 9.17) is 0 Å². The summed E-state index contributed by atoms with van der Waals surface area (Å²) in [6, 6.07) is 10.2. The van der Waals surface area contributed by atoms with Gasteiger partial charge >= 0.3 is 0 Å². The van der Waals surface area contributed by atoms with Crippen LogP contribution in [0.5, 0.6) is 0 Å². The standard InChI is InChI=1S/C23H24N4O2/c1-15-9-10-27(14-20-13-24-16(2)12-25-20)23(29)21(15)22(28)26-19-8-7-17-5-3-4-6-18(17)11-19/h3-6,9-10,12-13,19H,7-8,11,14H2,1-2H3,(H,26,28). The summed E-state index contributed by atoms with van der Waals surface area (Å²) < 4.78 is 1.51. The van der Waals surface area contributed by atoms with Gasteiger partial charge in [0.2, 0.25) is 0 Å². The van der Waals surface area contributed by atoms with Crippen molar-refractivity contribution in [2.75, 3.05) is 0 Å². The maximum Gasteiger partial charge on any atom is 0.264 e. The fourth-order valence-electron chi connectivity index (χ4n) is 3.82. The van der Waals surface area contributed by atoms with Crippen molar-refractivity contribution in [3.8, 4) is 0 Å². The molecule has 0 bridgehead atoms. The van der Waals surface area contributed by atoms with Crippen molar-refractivity contribution in [3.05, 3.63) is 92.9 Å². The number of nitrogens with one attached hydrogen (secondary N) is 1. The fourth-order valence-corrected chi connectivity index (χ4v) is 3.82. The smallest absolute Gasteiger partial charge is 0.264 e. The van der Waals surface area contributed by atoms with Gasteiger partial charge in [0, 0.05) is 18.4 Å². The number of benzene rings is 1. The fraction of sp³-hybridized carbons (Fsp3) is 0.304. The molecular weight excluding hydrogens is 364 g/mol. The molecule has 0 spiro atoms. The van der Waals surface area contributed by atoms with Gasteiger partial charge in [-0.2, -0.15) is 0 Å². The van der Waals surface area contributed by atoms with Crippen molar-refractivity contribution in [3.63, 3.8) is 0 Å². The van der Waals surface area contributed by atoms with Gasteiger partial charge in [-0.1, -0.05) is 24.3 Å². The Morgan fingerprint density at radius 1 is 1.14 bits per heavy atom. The maximum atomic E-state index is 13.0. The quantitative estimate of drug-likeness (QED) is 0.745. The summed E-state index contributed by atoms with van der Waals surface area (Å²) in [5.74, 6) is -0.304. The SMILES string of the molecule is Cc1cnc(Cn2ccc(C)c(C(=O)NC3CCc4ccccc4C3)c2=O)cn1. The number of pyridine rings is 1. The number of aryl methyl sites for hydroxylation is 3. The van der Waals surface area contributed by atoms with E-state index in [0.717, 1.165) is 25.0 Å². The molecule has 1 aromatic carbocycles. The summed E-state index contributed by atoms with van der Waals surface area (Å²) >= 11 is 0. The maximum absolute atomic E-state index is 13.0. The Morgan fingerprint density at radius 3 is 2.69 bits per heavy atom. The van der Waals surface area contributed by atoms with Crippen molar-refractivity contribution in [1.82, 2.24) is 19.9 Å². The predicted octanol–water partition coefficient (Wildman–Crippen LogP) is 2.59. The molecule has 6 nitrogen and oxygen atoms in total. The highest BCUT2D eigenvalue weighted by Gasteiger charge is 2.23. The zero-order valence-corrected chi connectivity index (χ0v) is 16.7. The van der Waals surface area contributed by atoms with Crippen LogP contribution in [-0.4, -0.2) is 26.5 Å². The molecule has 2 aromatic heterocycles. The van der Waals surface area contributed by atoms with Crippen LogP contribution in [0.4, 0.5) is 0 Å². The number of nitrogens with zero attached hydrogens (tertiary/aromatic N) is 3. The van der Waals surface area contributed by atoms with E-state index in [1.807, 2.05) is 19.1 Å². The van der Waals surface area contributed by atoms with E-state index in [1.165, 1.54) is 15.7 Å². The first-order valence-corrected chi connectivity index (χ1v) is 9.86. The molecule has 1 aliphatic carbocycles. The minimum atomic E-state index is -0.305. The Labute approximate surface area is 169 Å². The summed E-state index contributed by atoms with van der Waals surface area (Å²) in [4.78, 5) is 34.5. The molecule has 1 N–H and O–H groups in total. The lowest BCUT2D eigenvalue weighted by Gasteiger charge is -2.25. The second-order valence-electron chi connectivity index (χ2n) is 7.64. The van der Waals surface area contributed by atoms with Crippen molar-refractivity contribution >= 4 is 5.91 Å². The normalized spacial score (nSPS) is 15.6. The van der Waals surface area contributed by atoms with E-state index in [-0.39, 0.29) is 29.6 Å². The number of carbonyl (C=O) groups excluding carboxylic acids is 1. The van der Waals surface area contributed by atoms with E-state index < -0.39 is 0 Å². The Balaban J connectivity index is 1.54. The summed E-state index contributed by atoms with van der Waals surface area (Å²) in [5, 5.41) is 3.08. The number of hydrogen-bond acceptors (Lipinski definition) is 4. The topological polar surface area (TPSA) is 76.9 Å². The summed E-state index contributed by atoms with van der Waals surface area (Å²) in [5.41, 5.74) is 4.68. The van der Waals surface area contributed by atoms with Gasteiger partial charge in [0.05, 0.1) is 24.1 Å². The van der Waals surface area contributed by atoms with Crippen LogP contribution in [0, 0.1) is 13.8 Å². The van der Waals surface area contributed by atoms with Gasteiger partial charge in [-0.05, 0) is 55.9 Å². The molecule has 148 valence electrons. The average molecular weight is 388 g/mol. The third-order valence-corrected chi connectivity index (χ3v) is 5.45. The second kappa shape index (κ2) is 7.99. The van der Waals surface area contributed by atoms with Crippen LogP contribution < -0.4 is 10.9 Å². The van der Waals surface area contributed by atoms with Crippen LogP contribution in [0.25, 0.3) is 0 Å². The first-order chi connectivity index (χ1) is 14.0. The number of aromatic nitrogens is 3. The number of amides is 1. The number of rotatable bonds is 4. The molecule has 1 unspecified atom stereocenters. The second-order valence-corrected chi connectivity index (χ2v) is 7.64. The van der Waals surface area contributed by atoms with Gasteiger partial charge in [-0.15, -0.1) is 0 Å².